The monoisotopic (exact) mass is 320 g/mol. The lowest BCUT2D eigenvalue weighted by atomic mass is 10.0. The standard InChI is InChI=1S/C17H36O3S/c1-4-5-6-7-8-9-10-11-12-13-14-15-16(2)21(19,20)17(3)18/h16-18H,4-15H2,1-3H3. The summed E-state index contributed by atoms with van der Waals surface area (Å²) >= 11 is 0. The van der Waals surface area contributed by atoms with Gasteiger partial charge >= 0.3 is 0 Å². The lowest BCUT2D eigenvalue weighted by molar-refractivity contribution is 0.266. The number of unbranched alkanes of at least 4 members (excludes halogenated alkanes) is 10. The van der Waals surface area contributed by atoms with Crippen molar-refractivity contribution in [3.05, 3.63) is 0 Å². The molecule has 2 atom stereocenters. The van der Waals surface area contributed by atoms with Crippen molar-refractivity contribution >= 4 is 9.84 Å². The van der Waals surface area contributed by atoms with E-state index in [1.165, 1.54) is 64.7 Å². The number of sulfone groups is 1. The first-order valence-electron chi connectivity index (χ1n) is 8.83. The van der Waals surface area contributed by atoms with Gasteiger partial charge in [-0.1, -0.05) is 77.6 Å². The van der Waals surface area contributed by atoms with Crippen molar-refractivity contribution in [1.29, 1.82) is 0 Å². The van der Waals surface area contributed by atoms with Crippen LogP contribution in [0.15, 0.2) is 0 Å². The molecule has 0 amide bonds. The van der Waals surface area contributed by atoms with Crippen molar-refractivity contribution in [1.82, 2.24) is 0 Å². The molecule has 2 unspecified atom stereocenters. The van der Waals surface area contributed by atoms with Crippen LogP contribution in [0.1, 0.15) is 97.8 Å². The van der Waals surface area contributed by atoms with Gasteiger partial charge in [-0.3, -0.25) is 0 Å². The SMILES string of the molecule is CCCCCCCCCCCCCC(C)S(=O)(=O)C(C)O. The minimum Gasteiger partial charge on any atom is -0.377 e. The fourth-order valence-corrected chi connectivity index (χ4v) is 3.76. The van der Waals surface area contributed by atoms with Crippen LogP contribution in [0.2, 0.25) is 0 Å². The van der Waals surface area contributed by atoms with Gasteiger partial charge in [0.2, 0.25) is 0 Å². The summed E-state index contributed by atoms with van der Waals surface area (Å²) in [5.41, 5.74) is -1.24. The normalized spacial score (nSPS) is 15.0. The molecule has 128 valence electrons. The highest BCUT2D eigenvalue weighted by atomic mass is 32.2. The summed E-state index contributed by atoms with van der Waals surface area (Å²) < 4.78 is 23.4. The first kappa shape index (κ1) is 20.9. The van der Waals surface area contributed by atoms with Crippen LogP contribution in [0.4, 0.5) is 0 Å². The summed E-state index contributed by atoms with van der Waals surface area (Å²) in [5.74, 6) is 0. The first-order valence-corrected chi connectivity index (χ1v) is 10.4. The molecule has 0 bridgehead atoms. The molecule has 0 aliphatic carbocycles. The first-order chi connectivity index (χ1) is 9.92. The number of rotatable bonds is 14. The van der Waals surface area contributed by atoms with Gasteiger partial charge in [0.05, 0.1) is 5.25 Å². The third-order valence-corrected chi connectivity index (χ3v) is 6.56. The zero-order chi connectivity index (χ0) is 16.1. The number of hydrogen-bond donors (Lipinski definition) is 1. The summed E-state index contributed by atoms with van der Waals surface area (Å²) in [6, 6.07) is 0. The number of hydrogen-bond acceptors (Lipinski definition) is 3. The van der Waals surface area contributed by atoms with E-state index >= 15 is 0 Å². The van der Waals surface area contributed by atoms with Gasteiger partial charge in [0, 0.05) is 0 Å². The third-order valence-electron chi connectivity index (χ3n) is 4.25. The van der Waals surface area contributed by atoms with Crippen LogP contribution in [0.25, 0.3) is 0 Å². The zero-order valence-corrected chi connectivity index (χ0v) is 15.1. The molecule has 0 radical (unpaired) electrons. The second kappa shape index (κ2) is 12.5. The largest absolute Gasteiger partial charge is 0.377 e. The lowest BCUT2D eigenvalue weighted by Gasteiger charge is -2.14. The molecule has 0 saturated carbocycles. The maximum Gasteiger partial charge on any atom is 0.179 e. The van der Waals surface area contributed by atoms with Crippen molar-refractivity contribution in [3.8, 4) is 0 Å². The second-order valence-corrected chi connectivity index (χ2v) is 8.99. The highest BCUT2D eigenvalue weighted by Crippen LogP contribution is 2.16. The molecule has 0 heterocycles. The fraction of sp³-hybridized carbons (Fsp3) is 1.00. The van der Waals surface area contributed by atoms with Gasteiger partial charge in [-0.25, -0.2) is 8.42 Å². The maximum absolute atomic E-state index is 11.7. The maximum atomic E-state index is 11.7. The highest BCUT2D eigenvalue weighted by molar-refractivity contribution is 7.92. The van der Waals surface area contributed by atoms with E-state index < -0.39 is 20.5 Å². The molecule has 0 fully saturated rings. The summed E-state index contributed by atoms with van der Waals surface area (Å²) in [5, 5.41) is 8.82. The Morgan fingerprint density at radius 2 is 1.14 bits per heavy atom. The highest BCUT2D eigenvalue weighted by Gasteiger charge is 2.25. The van der Waals surface area contributed by atoms with E-state index in [9.17, 15) is 13.5 Å². The Morgan fingerprint density at radius 3 is 1.52 bits per heavy atom. The van der Waals surface area contributed by atoms with Crippen LogP contribution in [0.3, 0.4) is 0 Å². The minimum atomic E-state index is -3.33. The predicted octanol–water partition coefficient (Wildman–Crippen LogP) is 4.83. The van der Waals surface area contributed by atoms with Crippen molar-refractivity contribution in [2.24, 2.45) is 0 Å². The van der Waals surface area contributed by atoms with Gasteiger partial charge in [-0.2, -0.15) is 0 Å². The molecule has 4 heteroatoms. The second-order valence-electron chi connectivity index (χ2n) is 6.32. The minimum absolute atomic E-state index is 0.420. The van der Waals surface area contributed by atoms with E-state index in [2.05, 4.69) is 6.92 Å². The molecule has 1 N–H and O–H groups in total. The third kappa shape index (κ3) is 10.3. The average Bonchev–Trinajstić information content (AvgIpc) is 2.44. The molecular formula is C17H36O3S. The topological polar surface area (TPSA) is 54.4 Å². The molecule has 0 aromatic heterocycles. The molecule has 0 aliphatic rings. The van der Waals surface area contributed by atoms with Crippen LogP contribution in [-0.4, -0.2) is 24.2 Å². The lowest BCUT2D eigenvalue weighted by Crippen LogP contribution is -2.27. The Hall–Kier alpha value is -0.0900. The molecule has 3 nitrogen and oxygen atoms in total. The molecular weight excluding hydrogens is 284 g/mol. The zero-order valence-electron chi connectivity index (χ0n) is 14.3. The quantitative estimate of drug-likeness (QED) is 0.466. The molecule has 0 aliphatic heterocycles. The van der Waals surface area contributed by atoms with E-state index in [1.807, 2.05) is 0 Å². The van der Waals surface area contributed by atoms with E-state index in [4.69, 9.17) is 0 Å². The van der Waals surface area contributed by atoms with Crippen LogP contribution < -0.4 is 0 Å². The van der Waals surface area contributed by atoms with Gasteiger partial charge in [0.15, 0.2) is 15.3 Å². The van der Waals surface area contributed by atoms with Gasteiger partial charge in [-0.05, 0) is 20.3 Å². The van der Waals surface area contributed by atoms with Gasteiger partial charge in [0.1, 0.15) is 0 Å². The average molecular weight is 321 g/mol. The fourth-order valence-electron chi connectivity index (χ4n) is 2.60. The van der Waals surface area contributed by atoms with Crippen molar-refractivity contribution in [2.75, 3.05) is 0 Å². The number of aliphatic hydroxyl groups is 1. The Kier molecular flexibility index (Phi) is 12.4. The molecule has 0 aromatic rings. The van der Waals surface area contributed by atoms with Gasteiger partial charge in [-0.15, -0.1) is 0 Å². The molecule has 0 spiro atoms. The van der Waals surface area contributed by atoms with E-state index in [-0.39, 0.29) is 0 Å². The Bertz CT molecular complexity index is 323. The molecule has 0 rings (SSSR count). The van der Waals surface area contributed by atoms with E-state index in [0.717, 1.165) is 12.8 Å². The van der Waals surface area contributed by atoms with Gasteiger partial charge < -0.3 is 5.11 Å². The van der Waals surface area contributed by atoms with Crippen LogP contribution in [-0.2, 0) is 9.84 Å². The van der Waals surface area contributed by atoms with E-state index in [1.54, 1.807) is 6.92 Å². The summed E-state index contributed by atoms with van der Waals surface area (Å²) in [4.78, 5) is 0. The molecule has 21 heavy (non-hydrogen) atoms. The summed E-state index contributed by atoms with van der Waals surface area (Å²) in [6.07, 6.45) is 14.7. The number of aliphatic hydroxyl groups excluding tert-OH is 1. The smallest absolute Gasteiger partial charge is 0.179 e. The summed E-state index contributed by atoms with van der Waals surface area (Å²) in [6.45, 7) is 5.29. The van der Waals surface area contributed by atoms with Crippen LogP contribution in [0, 0.1) is 0 Å². The van der Waals surface area contributed by atoms with Crippen LogP contribution >= 0.6 is 0 Å². The van der Waals surface area contributed by atoms with Gasteiger partial charge in [0.25, 0.3) is 0 Å². The molecule has 0 aromatic carbocycles. The Labute approximate surface area is 132 Å². The summed E-state index contributed by atoms with van der Waals surface area (Å²) in [7, 11) is -3.33. The van der Waals surface area contributed by atoms with Crippen LogP contribution in [0.5, 0.6) is 0 Å². The van der Waals surface area contributed by atoms with Crippen molar-refractivity contribution in [3.63, 3.8) is 0 Å². The Balaban J connectivity index is 3.41. The Morgan fingerprint density at radius 1 is 0.762 bits per heavy atom. The van der Waals surface area contributed by atoms with Crippen molar-refractivity contribution in [2.45, 2.75) is 109 Å². The van der Waals surface area contributed by atoms with E-state index in [0.29, 0.717) is 6.42 Å². The molecule has 0 saturated heterocycles. The van der Waals surface area contributed by atoms with Crippen molar-refractivity contribution < 1.29 is 13.5 Å². The predicted molar refractivity (Wildman–Crippen MR) is 91.1 cm³/mol.